The molecule has 0 radical (unpaired) electrons. The maximum Gasteiger partial charge on any atom is 0.0476 e. The van der Waals surface area contributed by atoms with Crippen molar-refractivity contribution in [2.75, 3.05) is 19.6 Å². The van der Waals surface area contributed by atoms with Gasteiger partial charge < -0.3 is 5.32 Å². The van der Waals surface area contributed by atoms with Gasteiger partial charge in [0.15, 0.2) is 0 Å². The van der Waals surface area contributed by atoms with Crippen molar-refractivity contribution in [1.29, 1.82) is 0 Å². The second-order valence-electron chi connectivity index (χ2n) is 6.65. The molecule has 3 rings (SSSR count). The summed E-state index contributed by atoms with van der Waals surface area (Å²) in [5.41, 5.74) is 1.82. The first-order valence-corrected chi connectivity index (χ1v) is 8.48. The SMILES string of the molecule is C/C=C/CN1CC2(CCCCC2)NCC1c1ccccc1. The van der Waals surface area contributed by atoms with Crippen molar-refractivity contribution in [2.24, 2.45) is 0 Å². The Kier molecular flexibility index (Phi) is 4.77. The van der Waals surface area contributed by atoms with Crippen molar-refractivity contribution < 1.29 is 0 Å². The van der Waals surface area contributed by atoms with Gasteiger partial charge in [-0.05, 0) is 25.3 Å². The van der Waals surface area contributed by atoms with Gasteiger partial charge in [-0.3, -0.25) is 4.90 Å². The Morgan fingerprint density at radius 1 is 1.19 bits per heavy atom. The zero-order valence-electron chi connectivity index (χ0n) is 13.2. The molecule has 2 heteroatoms. The monoisotopic (exact) mass is 284 g/mol. The Morgan fingerprint density at radius 2 is 1.95 bits per heavy atom. The highest BCUT2D eigenvalue weighted by Crippen LogP contribution is 2.35. The summed E-state index contributed by atoms with van der Waals surface area (Å²) in [4.78, 5) is 2.68. The molecule has 0 amide bonds. The molecule has 1 aliphatic heterocycles. The molecule has 0 bridgehead atoms. The number of allylic oxidation sites excluding steroid dienone is 1. The van der Waals surface area contributed by atoms with E-state index in [2.05, 4.69) is 59.6 Å². The summed E-state index contributed by atoms with van der Waals surface area (Å²) in [6, 6.07) is 11.5. The van der Waals surface area contributed by atoms with Gasteiger partial charge in [-0.25, -0.2) is 0 Å². The van der Waals surface area contributed by atoms with Crippen LogP contribution in [0.3, 0.4) is 0 Å². The smallest absolute Gasteiger partial charge is 0.0476 e. The molecule has 2 nitrogen and oxygen atoms in total. The number of nitrogens with one attached hydrogen (secondary N) is 1. The lowest BCUT2D eigenvalue weighted by Crippen LogP contribution is -2.61. The van der Waals surface area contributed by atoms with Crippen LogP contribution in [-0.2, 0) is 0 Å². The molecule has 1 heterocycles. The molecule has 1 aromatic rings. The zero-order valence-corrected chi connectivity index (χ0v) is 13.2. The lowest BCUT2D eigenvalue weighted by molar-refractivity contribution is 0.0641. The molecule has 1 aliphatic carbocycles. The lowest BCUT2D eigenvalue weighted by Gasteiger charge is -2.49. The molecule has 1 aromatic carbocycles. The molecule has 114 valence electrons. The molecular weight excluding hydrogens is 256 g/mol. The van der Waals surface area contributed by atoms with Crippen LogP contribution in [-0.4, -0.2) is 30.1 Å². The van der Waals surface area contributed by atoms with E-state index in [0.29, 0.717) is 11.6 Å². The Balaban J connectivity index is 1.78. The van der Waals surface area contributed by atoms with E-state index in [1.807, 2.05) is 0 Å². The van der Waals surface area contributed by atoms with Crippen molar-refractivity contribution in [2.45, 2.75) is 50.6 Å². The van der Waals surface area contributed by atoms with Crippen LogP contribution in [0, 0.1) is 0 Å². The molecule has 1 atom stereocenters. The number of benzene rings is 1. The van der Waals surface area contributed by atoms with Crippen molar-refractivity contribution in [1.82, 2.24) is 10.2 Å². The quantitative estimate of drug-likeness (QED) is 0.847. The van der Waals surface area contributed by atoms with Crippen LogP contribution >= 0.6 is 0 Å². The Bertz CT molecular complexity index is 460. The fourth-order valence-corrected chi connectivity index (χ4v) is 4.00. The minimum Gasteiger partial charge on any atom is -0.308 e. The van der Waals surface area contributed by atoms with E-state index in [4.69, 9.17) is 0 Å². The van der Waals surface area contributed by atoms with Crippen molar-refractivity contribution >= 4 is 0 Å². The van der Waals surface area contributed by atoms with Gasteiger partial charge in [0.1, 0.15) is 0 Å². The molecule has 1 spiro atoms. The van der Waals surface area contributed by atoms with Crippen LogP contribution in [0.4, 0.5) is 0 Å². The molecule has 2 fully saturated rings. The minimum atomic E-state index is 0.380. The van der Waals surface area contributed by atoms with Gasteiger partial charge in [0, 0.05) is 31.2 Å². The van der Waals surface area contributed by atoms with Gasteiger partial charge in [-0.2, -0.15) is 0 Å². The summed E-state index contributed by atoms with van der Waals surface area (Å²) in [5.74, 6) is 0. The molecular formula is C19H28N2. The topological polar surface area (TPSA) is 15.3 Å². The third-order valence-electron chi connectivity index (χ3n) is 5.19. The Hall–Kier alpha value is -1.12. The van der Waals surface area contributed by atoms with Crippen LogP contribution in [0.1, 0.15) is 50.6 Å². The molecule has 21 heavy (non-hydrogen) atoms. The standard InChI is InChI=1S/C19H28N2/c1-2-3-14-21-16-19(12-8-5-9-13-19)20-15-18(21)17-10-6-4-7-11-17/h2-4,6-7,10-11,18,20H,5,8-9,12-16H2,1H3/b3-2+. The first kappa shape index (κ1) is 14.8. The van der Waals surface area contributed by atoms with Gasteiger partial charge in [-0.15, -0.1) is 0 Å². The third-order valence-corrected chi connectivity index (χ3v) is 5.19. The third kappa shape index (κ3) is 3.38. The van der Waals surface area contributed by atoms with Gasteiger partial charge in [0.25, 0.3) is 0 Å². The highest BCUT2D eigenvalue weighted by molar-refractivity contribution is 5.21. The predicted octanol–water partition coefficient (Wildman–Crippen LogP) is 3.91. The molecule has 1 N–H and O–H groups in total. The maximum atomic E-state index is 3.92. The summed E-state index contributed by atoms with van der Waals surface area (Å²) >= 11 is 0. The first-order chi connectivity index (χ1) is 10.3. The van der Waals surface area contributed by atoms with E-state index >= 15 is 0 Å². The Morgan fingerprint density at radius 3 is 2.67 bits per heavy atom. The average molecular weight is 284 g/mol. The van der Waals surface area contributed by atoms with Crippen LogP contribution in [0.15, 0.2) is 42.5 Å². The zero-order chi connectivity index (χ0) is 14.5. The molecule has 2 aliphatic rings. The van der Waals surface area contributed by atoms with E-state index in [1.54, 1.807) is 0 Å². The number of hydrogen-bond acceptors (Lipinski definition) is 2. The van der Waals surface area contributed by atoms with Crippen molar-refractivity contribution in [3.05, 3.63) is 48.0 Å². The number of nitrogens with zero attached hydrogens (tertiary/aromatic N) is 1. The van der Waals surface area contributed by atoms with Crippen molar-refractivity contribution in [3.8, 4) is 0 Å². The summed E-state index contributed by atoms with van der Waals surface area (Å²) in [7, 11) is 0. The maximum absolute atomic E-state index is 3.92. The van der Waals surface area contributed by atoms with Crippen LogP contribution < -0.4 is 5.32 Å². The Labute approximate surface area is 129 Å². The summed E-state index contributed by atoms with van der Waals surface area (Å²) in [6.07, 6.45) is 11.4. The van der Waals surface area contributed by atoms with Gasteiger partial charge >= 0.3 is 0 Å². The first-order valence-electron chi connectivity index (χ1n) is 8.48. The van der Waals surface area contributed by atoms with Crippen LogP contribution in [0.2, 0.25) is 0 Å². The largest absolute Gasteiger partial charge is 0.308 e. The van der Waals surface area contributed by atoms with E-state index < -0.39 is 0 Å². The normalized spacial score (nSPS) is 26.4. The van der Waals surface area contributed by atoms with Crippen molar-refractivity contribution in [3.63, 3.8) is 0 Å². The number of rotatable bonds is 3. The molecule has 1 saturated heterocycles. The fraction of sp³-hybridized carbons (Fsp3) is 0.579. The molecule has 0 aromatic heterocycles. The second kappa shape index (κ2) is 6.76. The number of hydrogen-bond donors (Lipinski definition) is 1. The van der Waals surface area contributed by atoms with E-state index in [9.17, 15) is 0 Å². The summed E-state index contributed by atoms with van der Waals surface area (Å²) in [6.45, 7) is 5.47. The summed E-state index contributed by atoms with van der Waals surface area (Å²) in [5, 5.41) is 3.92. The number of piperazine rings is 1. The summed E-state index contributed by atoms with van der Waals surface area (Å²) < 4.78 is 0. The molecule has 1 unspecified atom stereocenters. The van der Waals surface area contributed by atoms with Gasteiger partial charge in [0.2, 0.25) is 0 Å². The van der Waals surface area contributed by atoms with E-state index in [1.165, 1.54) is 44.2 Å². The van der Waals surface area contributed by atoms with E-state index in [0.717, 1.165) is 13.1 Å². The fourth-order valence-electron chi connectivity index (χ4n) is 4.00. The lowest BCUT2D eigenvalue weighted by atomic mass is 9.79. The average Bonchev–Trinajstić information content (AvgIpc) is 2.55. The highest BCUT2D eigenvalue weighted by atomic mass is 15.3. The minimum absolute atomic E-state index is 0.380. The van der Waals surface area contributed by atoms with Crippen LogP contribution in [0.25, 0.3) is 0 Å². The van der Waals surface area contributed by atoms with E-state index in [-0.39, 0.29) is 0 Å². The van der Waals surface area contributed by atoms with Crippen LogP contribution in [0.5, 0.6) is 0 Å². The highest BCUT2D eigenvalue weighted by Gasteiger charge is 2.39. The van der Waals surface area contributed by atoms with Gasteiger partial charge in [0.05, 0.1) is 0 Å². The second-order valence-corrected chi connectivity index (χ2v) is 6.65. The predicted molar refractivity (Wildman–Crippen MR) is 89.4 cm³/mol. The molecule has 1 saturated carbocycles. The van der Waals surface area contributed by atoms with Gasteiger partial charge in [-0.1, -0.05) is 61.7 Å².